The van der Waals surface area contributed by atoms with Crippen LogP contribution in [0.15, 0.2) is 18.2 Å². The Kier molecular flexibility index (Phi) is 4.37. The van der Waals surface area contributed by atoms with Gasteiger partial charge in [0.15, 0.2) is 0 Å². The highest BCUT2D eigenvalue weighted by Crippen LogP contribution is 2.19. The minimum Gasteiger partial charge on any atom is -0.372 e. The normalized spacial score (nSPS) is 24.9. The summed E-state index contributed by atoms with van der Waals surface area (Å²) in [6.45, 7) is 4.36. The van der Waals surface area contributed by atoms with E-state index in [1.807, 2.05) is 0 Å². The minimum atomic E-state index is -0.297. The number of halogens is 2. The number of ether oxygens (including phenoxy) is 1. The minimum absolute atomic E-state index is 0.166. The van der Waals surface area contributed by atoms with E-state index in [2.05, 4.69) is 12.2 Å². The fourth-order valence-corrected chi connectivity index (χ4v) is 2.18. The Labute approximate surface area is 106 Å². The van der Waals surface area contributed by atoms with E-state index < -0.39 is 0 Å². The molecule has 2 unspecified atom stereocenters. The predicted molar refractivity (Wildman–Crippen MR) is 66.6 cm³/mol. The summed E-state index contributed by atoms with van der Waals surface area (Å²) in [4.78, 5) is 0. The third-order valence-electron chi connectivity index (χ3n) is 3.22. The van der Waals surface area contributed by atoms with Gasteiger partial charge in [0.1, 0.15) is 5.82 Å². The van der Waals surface area contributed by atoms with Gasteiger partial charge in [-0.15, -0.1) is 0 Å². The fourth-order valence-electron chi connectivity index (χ4n) is 2.02. The average molecular weight is 258 g/mol. The molecular formula is C13H17ClFNO. The number of hydrogen-bond donors (Lipinski definition) is 1. The molecule has 4 heteroatoms. The lowest BCUT2D eigenvalue weighted by Gasteiger charge is -2.29. The second-order valence-corrected chi connectivity index (χ2v) is 4.99. The maximum absolute atomic E-state index is 13.5. The molecule has 17 heavy (non-hydrogen) atoms. The van der Waals surface area contributed by atoms with Gasteiger partial charge in [0, 0.05) is 17.1 Å². The highest BCUT2D eigenvalue weighted by atomic mass is 35.5. The molecule has 94 valence electrons. The molecule has 1 fully saturated rings. The molecule has 1 N–H and O–H groups in total. The molecule has 1 aliphatic rings. The van der Waals surface area contributed by atoms with E-state index in [-0.39, 0.29) is 11.9 Å². The molecule has 0 spiro atoms. The SMILES string of the molecule is CC1CCNCC1OCc1ccc(Cl)cc1F. The van der Waals surface area contributed by atoms with Gasteiger partial charge in [-0.05, 0) is 31.0 Å². The lowest BCUT2D eigenvalue weighted by molar-refractivity contribution is -0.00765. The zero-order valence-corrected chi connectivity index (χ0v) is 10.6. The van der Waals surface area contributed by atoms with E-state index >= 15 is 0 Å². The summed E-state index contributed by atoms with van der Waals surface area (Å²) in [7, 11) is 0. The lowest BCUT2D eigenvalue weighted by atomic mass is 9.97. The third-order valence-corrected chi connectivity index (χ3v) is 3.46. The van der Waals surface area contributed by atoms with Crippen LogP contribution in [0.1, 0.15) is 18.9 Å². The van der Waals surface area contributed by atoms with Gasteiger partial charge in [0.2, 0.25) is 0 Å². The summed E-state index contributed by atoms with van der Waals surface area (Å²) < 4.78 is 19.3. The summed E-state index contributed by atoms with van der Waals surface area (Å²) in [6.07, 6.45) is 1.27. The van der Waals surface area contributed by atoms with Crippen molar-refractivity contribution in [1.82, 2.24) is 5.32 Å². The quantitative estimate of drug-likeness (QED) is 0.899. The van der Waals surface area contributed by atoms with Crippen LogP contribution in [-0.4, -0.2) is 19.2 Å². The van der Waals surface area contributed by atoms with Crippen molar-refractivity contribution in [2.45, 2.75) is 26.1 Å². The van der Waals surface area contributed by atoms with Crippen molar-refractivity contribution < 1.29 is 9.13 Å². The van der Waals surface area contributed by atoms with Gasteiger partial charge in [-0.3, -0.25) is 0 Å². The van der Waals surface area contributed by atoms with Gasteiger partial charge in [-0.25, -0.2) is 4.39 Å². The van der Waals surface area contributed by atoms with Crippen LogP contribution in [0.4, 0.5) is 4.39 Å². The molecule has 2 nitrogen and oxygen atoms in total. The highest BCUT2D eigenvalue weighted by Gasteiger charge is 2.21. The molecule has 0 saturated carbocycles. The largest absolute Gasteiger partial charge is 0.372 e. The summed E-state index contributed by atoms with van der Waals surface area (Å²) in [5.41, 5.74) is 0.562. The molecule has 1 aliphatic heterocycles. The average Bonchev–Trinajstić information content (AvgIpc) is 2.30. The molecule has 0 bridgehead atoms. The molecule has 0 aromatic heterocycles. The molecule has 1 aromatic carbocycles. The Morgan fingerprint density at radius 2 is 2.35 bits per heavy atom. The standard InChI is InChI=1S/C13H17ClFNO/c1-9-4-5-16-7-13(9)17-8-10-2-3-11(14)6-12(10)15/h2-3,6,9,13,16H,4-5,7-8H2,1H3. The number of benzene rings is 1. The van der Waals surface area contributed by atoms with E-state index in [0.717, 1.165) is 19.5 Å². The van der Waals surface area contributed by atoms with Gasteiger partial charge in [0.25, 0.3) is 0 Å². The zero-order chi connectivity index (χ0) is 12.3. The van der Waals surface area contributed by atoms with Crippen LogP contribution in [0.25, 0.3) is 0 Å². The molecule has 2 rings (SSSR count). The number of hydrogen-bond acceptors (Lipinski definition) is 2. The number of rotatable bonds is 3. The smallest absolute Gasteiger partial charge is 0.130 e. The van der Waals surface area contributed by atoms with E-state index in [1.165, 1.54) is 6.07 Å². The Bertz CT molecular complexity index is 386. The first-order valence-corrected chi connectivity index (χ1v) is 6.31. The van der Waals surface area contributed by atoms with Crippen LogP contribution >= 0.6 is 11.6 Å². The van der Waals surface area contributed by atoms with Gasteiger partial charge < -0.3 is 10.1 Å². The second kappa shape index (κ2) is 5.80. The van der Waals surface area contributed by atoms with Gasteiger partial charge >= 0.3 is 0 Å². The molecule has 1 aromatic rings. The van der Waals surface area contributed by atoms with Crippen LogP contribution in [0.3, 0.4) is 0 Å². The molecule has 0 radical (unpaired) electrons. The Balaban J connectivity index is 1.92. The number of nitrogens with one attached hydrogen (secondary N) is 1. The predicted octanol–water partition coefficient (Wildman–Crippen LogP) is 2.99. The first-order valence-electron chi connectivity index (χ1n) is 5.93. The van der Waals surface area contributed by atoms with Crippen molar-refractivity contribution >= 4 is 11.6 Å². The molecular weight excluding hydrogens is 241 g/mol. The second-order valence-electron chi connectivity index (χ2n) is 4.56. The lowest BCUT2D eigenvalue weighted by Crippen LogP contribution is -2.40. The topological polar surface area (TPSA) is 21.3 Å². The summed E-state index contributed by atoms with van der Waals surface area (Å²) in [6, 6.07) is 4.69. The molecule has 1 saturated heterocycles. The van der Waals surface area contributed by atoms with E-state index in [1.54, 1.807) is 12.1 Å². The van der Waals surface area contributed by atoms with Crippen LogP contribution in [0.2, 0.25) is 5.02 Å². The number of piperidine rings is 1. The molecule has 0 amide bonds. The van der Waals surface area contributed by atoms with Gasteiger partial charge in [0.05, 0.1) is 12.7 Å². The molecule has 2 atom stereocenters. The van der Waals surface area contributed by atoms with E-state index in [4.69, 9.17) is 16.3 Å². The van der Waals surface area contributed by atoms with Crippen molar-refractivity contribution in [2.24, 2.45) is 5.92 Å². The first kappa shape index (κ1) is 12.8. The Morgan fingerprint density at radius 1 is 1.53 bits per heavy atom. The van der Waals surface area contributed by atoms with Crippen molar-refractivity contribution in [3.63, 3.8) is 0 Å². The summed E-state index contributed by atoms with van der Waals surface area (Å²) in [5.74, 6) is 0.223. The van der Waals surface area contributed by atoms with Crippen molar-refractivity contribution in [3.8, 4) is 0 Å². The van der Waals surface area contributed by atoms with Crippen LogP contribution in [0.5, 0.6) is 0 Å². The summed E-state index contributed by atoms with van der Waals surface area (Å²) >= 11 is 5.70. The van der Waals surface area contributed by atoms with Crippen LogP contribution < -0.4 is 5.32 Å². The van der Waals surface area contributed by atoms with Crippen LogP contribution in [-0.2, 0) is 11.3 Å². The van der Waals surface area contributed by atoms with Crippen molar-refractivity contribution in [2.75, 3.05) is 13.1 Å². The molecule has 1 heterocycles. The zero-order valence-electron chi connectivity index (χ0n) is 9.88. The maximum Gasteiger partial charge on any atom is 0.130 e. The Morgan fingerprint density at radius 3 is 3.06 bits per heavy atom. The fraction of sp³-hybridized carbons (Fsp3) is 0.538. The molecule has 0 aliphatic carbocycles. The van der Waals surface area contributed by atoms with E-state index in [0.29, 0.717) is 23.1 Å². The van der Waals surface area contributed by atoms with Crippen LogP contribution in [0, 0.1) is 11.7 Å². The monoisotopic (exact) mass is 257 g/mol. The van der Waals surface area contributed by atoms with Crippen molar-refractivity contribution in [1.29, 1.82) is 0 Å². The first-order chi connectivity index (χ1) is 8.16. The highest BCUT2D eigenvalue weighted by molar-refractivity contribution is 6.30. The summed E-state index contributed by atoms with van der Waals surface area (Å²) in [5, 5.41) is 3.70. The van der Waals surface area contributed by atoms with E-state index in [9.17, 15) is 4.39 Å². The van der Waals surface area contributed by atoms with Crippen molar-refractivity contribution in [3.05, 3.63) is 34.6 Å². The van der Waals surface area contributed by atoms with Gasteiger partial charge in [-0.2, -0.15) is 0 Å². The maximum atomic E-state index is 13.5. The van der Waals surface area contributed by atoms with Gasteiger partial charge in [-0.1, -0.05) is 24.6 Å². The third kappa shape index (κ3) is 3.41. The Hall–Kier alpha value is -0.640.